The van der Waals surface area contributed by atoms with E-state index in [2.05, 4.69) is 24.1 Å². The first-order valence-corrected chi connectivity index (χ1v) is 7.83. The molecular weight excluding hydrogens is 292 g/mol. The molecule has 1 heterocycles. The van der Waals surface area contributed by atoms with Crippen LogP contribution in [0.3, 0.4) is 0 Å². The number of anilines is 1. The smallest absolute Gasteiger partial charge is 0.142 e. The Morgan fingerprint density at radius 1 is 1.40 bits per heavy atom. The van der Waals surface area contributed by atoms with Gasteiger partial charge < -0.3 is 10.1 Å². The number of ether oxygens (including phenoxy) is 1. The van der Waals surface area contributed by atoms with Crippen LogP contribution in [0.5, 0.6) is 5.75 Å². The van der Waals surface area contributed by atoms with E-state index in [4.69, 9.17) is 16.3 Å². The highest BCUT2D eigenvalue weighted by Gasteiger charge is 2.15. The lowest BCUT2D eigenvalue weighted by atomic mass is 10.2. The molecule has 0 aliphatic carbocycles. The highest BCUT2D eigenvalue weighted by Crippen LogP contribution is 2.32. The van der Waals surface area contributed by atoms with E-state index in [1.165, 1.54) is 4.88 Å². The van der Waals surface area contributed by atoms with Gasteiger partial charge in [0.2, 0.25) is 0 Å². The predicted molar refractivity (Wildman–Crippen MR) is 86.2 cm³/mol. The Kier molecular flexibility index (Phi) is 4.89. The maximum absolute atomic E-state index is 6.07. The summed E-state index contributed by atoms with van der Waals surface area (Å²) in [6, 6.07) is 5.72. The number of rotatable bonds is 5. The first-order valence-electron chi connectivity index (χ1n) is 6.64. The molecule has 0 spiro atoms. The van der Waals surface area contributed by atoms with Crippen LogP contribution in [0.1, 0.15) is 35.5 Å². The highest BCUT2D eigenvalue weighted by molar-refractivity contribution is 7.11. The number of benzene rings is 1. The van der Waals surface area contributed by atoms with Crippen molar-refractivity contribution in [3.8, 4) is 5.75 Å². The SMILES string of the molecule is CCOc1ccc(Cl)cc1NC(C)c1nc(C)sc1C. The summed E-state index contributed by atoms with van der Waals surface area (Å²) in [5.41, 5.74) is 1.98. The summed E-state index contributed by atoms with van der Waals surface area (Å²) in [6.07, 6.45) is 0. The number of halogens is 1. The zero-order valence-electron chi connectivity index (χ0n) is 12.2. The number of nitrogens with one attached hydrogen (secondary N) is 1. The topological polar surface area (TPSA) is 34.1 Å². The second kappa shape index (κ2) is 6.46. The van der Waals surface area contributed by atoms with Crippen LogP contribution in [0.15, 0.2) is 18.2 Å². The average Bonchev–Trinajstić information content (AvgIpc) is 2.72. The van der Waals surface area contributed by atoms with Crippen LogP contribution in [0.2, 0.25) is 5.02 Å². The fourth-order valence-electron chi connectivity index (χ4n) is 2.14. The van der Waals surface area contributed by atoms with Crippen LogP contribution < -0.4 is 10.1 Å². The van der Waals surface area contributed by atoms with Crippen molar-refractivity contribution in [1.29, 1.82) is 0 Å². The van der Waals surface area contributed by atoms with Crippen LogP contribution in [0, 0.1) is 13.8 Å². The standard InChI is InChI=1S/C15H19ClN2OS/c1-5-19-14-7-6-12(16)8-13(14)17-9(2)15-10(3)20-11(4)18-15/h6-9,17H,5H2,1-4H3. The van der Waals surface area contributed by atoms with E-state index in [0.717, 1.165) is 22.1 Å². The molecule has 108 valence electrons. The number of aromatic nitrogens is 1. The molecule has 0 fully saturated rings. The van der Waals surface area contributed by atoms with E-state index in [-0.39, 0.29) is 6.04 Å². The summed E-state index contributed by atoms with van der Waals surface area (Å²) >= 11 is 7.79. The van der Waals surface area contributed by atoms with E-state index < -0.39 is 0 Å². The van der Waals surface area contributed by atoms with Crippen molar-refractivity contribution < 1.29 is 4.74 Å². The van der Waals surface area contributed by atoms with Crippen molar-refractivity contribution in [1.82, 2.24) is 4.98 Å². The monoisotopic (exact) mass is 310 g/mol. The number of nitrogens with zero attached hydrogens (tertiary/aromatic N) is 1. The molecular formula is C15H19ClN2OS. The number of thiazole rings is 1. The van der Waals surface area contributed by atoms with E-state index in [1.807, 2.05) is 32.0 Å². The molecule has 20 heavy (non-hydrogen) atoms. The average molecular weight is 311 g/mol. The maximum Gasteiger partial charge on any atom is 0.142 e. The van der Waals surface area contributed by atoms with Crippen LogP contribution in [0.25, 0.3) is 0 Å². The van der Waals surface area contributed by atoms with Crippen LogP contribution in [-0.2, 0) is 0 Å². The fourth-order valence-corrected chi connectivity index (χ4v) is 3.23. The molecule has 1 aromatic carbocycles. The molecule has 1 aromatic heterocycles. The minimum absolute atomic E-state index is 0.109. The quantitative estimate of drug-likeness (QED) is 0.845. The summed E-state index contributed by atoms with van der Waals surface area (Å²) < 4.78 is 5.63. The van der Waals surface area contributed by atoms with Gasteiger partial charge in [0.05, 0.1) is 29.0 Å². The van der Waals surface area contributed by atoms with Crippen molar-refractivity contribution in [2.75, 3.05) is 11.9 Å². The van der Waals surface area contributed by atoms with E-state index in [1.54, 1.807) is 11.3 Å². The van der Waals surface area contributed by atoms with Crippen molar-refractivity contribution in [2.24, 2.45) is 0 Å². The Morgan fingerprint density at radius 3 is 2.75 bits per heavy atom. The van der Waals surface area contributed by atoms with Crippen molar-refractivity contribution >= 4 is 28.6 Å². The molecule has 2 rings (SSSR count). The molecule has 0 saturated heterocycles. The Morgan fingerprint density at radius 2 is 2.15 bits per heavy atom. The van der Waals surface area contributed by atoms with Crippen molar-refractivity contribution in [3.05, 3.63) is 38.8 Å². The molecule has 2 aromatic rings. The molecule has 0 radical (unpaired) electrons. The van der Waals surface area contributed by atoms with Gasteiger partial charge in [0.25, 0.3) is 0 Å². The van der Waals surface area contributed by atoms with Crippen LogP contribution in [0.4, 0.5) is 5.69 Å². The molecule has 0 saturated carbocycles. The molecule has 5 heteroatoms. The summed E-state index contributed by atoms with van der Waals surface area (Å²) in [5.74, 6) is 0.813. The van der Waals surface area contributed by atoms with Gasteiger partial charge in [-0.15, -0.1) is 11.3 Å². The third kappa shape index (κ3) is 3.44. The van der Waals surface area contributed by atoms with Crippen molar-refractivity contribution in [3.63, 3.8) is 0 Å². The normalized spacial score (nSPS) is 12.2. The number of aryl methyl sites for hydroxylation is 2. The van der Waals surface area contributed by atoms with Gasteiger partial charge in [-0.1, -0.05) is 11.6 Å². The highest BCUT2D eigenvalue weighted by atomic mass is 35.5. The van der Waals surface area contributed by atoms with E-state index in [9.17, 15) is 0 Å². The number of hydrogen-bond donors (Lipinski definition) is 1. The van der Waals surface area contributed by atoms with Crippen LogP contribution in [-0.4, -0.2) is 11.6 Å². The van der Waals surface area contributed by atoms with Gasteiger partial charge in [0.15, 0.2) is 0 Å². The minimum atomic E-state index is 0.109. The first-order chi connectivity index (χ1) is 9.51. The third-order valence-corrected chi connectivity index (χ3v) is 4.10. The minimum Gasteiger partial charge on any atom is -0.492 e. The Labute approximate surface area is 129 Å². The lowest BCUT2D eigenvalue weighted by molar-refractivity contribution is 0.341. The lowest BCUT2D eigenvalue weighted by Crippen LogP contribution is -2.09. The molecule has 1 N–H and O–H groups in total. The summed E-state index contributed by atoms with van der Waals surface area (Å²) in [5, 5.41) is 5.22. The molecule has 0 amide bonds. The zero-order valence-corrected chi connectivity index (χ0v) is 13.7. The fraction of sp³-hybridized carbons (Fsp3) is 0.400. The molecule has 1 atom stereocenters. The predicted octanol–water partition coefficient (Wildman–Crippen LogP) is 4.99. The molecule has 1 unspecified atom stereocenters. The molecule has 0 aliphatic rings. The zero-order chi connectivity index (χ0) is 14.7. The van der Waals surface area contributed by atoms with Gasteiger partial charge in [-0.05, 0) is 45.9 Å². The third-order valence-electron chi connectivity index (χ3n) is 2.96. The Hall–Kier alpha value is -1.26. The van der Waals surface area contributed by atoms with Crippen LogP contribution >= 0.6 is 22.9 Å². The van der Waals surface area contributed by atoms with Gasteiger partial charge in [-0.3, -0.25) is 0 Å². The first kappa shape index (κ1) is 15.1. The van der Waals surface area contributed by atoms with Gasteiger partial charge in [-0.2, -0.15) is 0 Å². The summed E-state index contributed by atoms with van der Waals surface area (Å²) in [4.78, 5) is 5.83. The molecule has 0 bridgehead atoms. The molecule has 0 aliphatic heterocycles. The van der Waals surface area contributed by atoms with E-state index >= 15 is 0 Å². The van der Waals surface area contributed by atoms with Crippen molar-refractivity contribution in [2.45, 2.75) is 33.7 Å². The van der Waals surface area contributed by atoms with E-state index in [0.29, 0.717) is 11.6 Å². The lowest BCUT2D eigenvalue weighted by Gasteiger charge is -2.17. The van der Waals surface area contributed by atoms with Gasteiger partial charge >= 0.3 is 0 Å². The summed E-state index contributed by atoms with van der Waals surface area (Å²) in [6.45, 7) is 8.81. The summed E-state index contributed by atoms with van der Waals surface area (Å²) in [7, 11) is 0. The largest absolute Gasteiger partial charge is 0.492 e. The second-order valence-corrected chi connectivity index (χ2v) is 6.46. The Balaban J connectivity index is 2.24. The second-order valence-electron chi connectivity index (χ2n) is 4.61. The Bertz CT molecular complexity index is 598. The van der Waals surface area contributed by atoms with Gasteiger partial charge in [0, 0.05) is 9.90 Å². The van der Waals surface area contributed by atoms with Gasteiger partial charge in [0.1, 0.15) is 5.75 Å². The maximum atomic E-state index is 6.07. The molecule has 3 nitrogen and oxygen atoms in total. The van der Waals surface area contributed by atoms with Gasteiger partial charge in [-0.25, -0.2) is 4.98 Å². The number of hydrogen-bond acceptors (Lipinski definition) is 4.